The lowest BCUT2D eigenvalue weighted by atomic mass is 10.1. The summed E-state index contributed by atoms with van der Waals surface area (Å²) in [6.07, 6.45) is -2.01. The van der Waals surface area contributed by atoms with E-state index in [-0.39, 0.29) is 12.6 Å². The Morgan fingerprint density at radius 3 is 2.69 bits per heavy atom. The van der Waals surface area contributed by atoms with E-state index in [1.807, 2.05) is 0 Å². The molecule has 0 saturated carbocycles. The molecule has 2 N–H and O–H groups in total. The highest BCUT2D eigenvalue weighted by Gasteiger charge is 2.17. The molecular formula is C10H13F3N2O. The molecule has 0 aliphatic heterocycles. The number of nitrogens with zero attached hydrogens (tertiary/aromatic N) is 1. The van der Waals surface area contributed by atoms with Crippen molar-refractivity contribution >= 4 is 0 Å². The van der Waals surface area contributed by atoms with E-state index in [0.29, 0.717) is 5.56 Å². The average molecular weight is 234 g/mol. The second kappa shape index (κ2) is 5.81. The van der Waals surface area contributed by atoms with Crippen LogP contribution in [-0.4, -0.2) is 29.2 Å². The van der Waals surface area contributed by atoms with Gasteiger partial charge in [-0.3, -0.25) is 4.98 Å². The summed E-state index contributed by atoms with van der Waals surface area (Å²) in [7, 11) is 0. The number of hydrogen-bond donors (Lipinski definition) is 2. The van der Waals surface area contributed by atoms with Crippen molar-refractivity contribution in [2.24, 2.45) is 0 Å². The van der Waals surface area contributed by atoms with Gasteiger partial charge in [0.15, 0.2) is 0 Å². The SMILES string of the molecule is CC(NCC(O)C(F)F)c1cncc(F)c1. The minimum absolute atomic E-state index is 0.255. The highest BCUT2D eigenvalue weighted by atomic mass is 19.3. The Morgan fingerprint density at radius 1 is 1.44 bits per heavy atom. The second-order valence-corrected chi connectivity index (χ2v) is 3.47. The summed E-state index contributed by atoms with van der Waals surface area (Å²) in [5.74, 6) is -0.486. The minimum Gasteiger partial charge on any atom is -0.386 e. The first-order valence-corrected chi connectivity index (χ1v) is 4.80. The first-order valence-electron chi connectivity index (χ1n) is 4.80. The van der Waals surface area contributed by atoms with Crippen molar-refractivity contribution in [1.29, 1.82) is 0 Å². The van der Waals surface area contributed by atoms with E-state index in [2.05, 4.69) is 10.3 Å². The molecule has 1 aromatic heterocycles. The third kappa shape index (κ3) is 3.79. The summed E-state index contributed by atoms with van der Waals surface area (Å²) in [6, 6.07) is 0.913. The van der Waals surface area contributed by atoms with E-state index in [1.165, 1.54) is 12.3 Å². The molecule has 1 heterocycles. The van der Waals surface area contributed by atoms with Gasteiger partial charge >= 0.3 is 0 Å². The first kappa shape index (κ1) is 12.9. The van der Waals surface area contributed by atoms with Gasteiger partial charge in [-0.15, -0.1) is 0 Å². The standard InChI is InChI=1S/C10H13F3N2O/c1-6(15-5-9(16)10(12)13)7-2-8(11)4-14-3-7/h2-4,6,9-10,15-16H,5H2,1H3. The molecule has 0 aromatic carbocycles. The Hall–Kier alpha value is -1.14. The van der Waals surface area contributed by atoms with Gasteiger partial charge in [0.25, 0.3) is 6.43 Å². The molecule has 0 radical (unpaired) electrons. The fraction of sp³-hybridized carbons (Fsp3) is 0.500. The molecule has 1 aromatic rings. The molecule has 3 nitrogen and oxygen atoms in total. The van der Waals surface area contributed by atoms with E-state index in [0.717, 1.165) is 6.20 Å². The van der Waals surface area contributed by atoms with E-state index >= 15 is 0 Å². The monoisotopic (exact) mass is 234 g/mol. The lowest BCUT2D eigenvalue weighted by Crippen LogP contribution is -2.33. The molecule has 0 fully saturated rings. The molecular weight excluding hydrogens is 221 g/mol. The quantitative estimate of drug-likeness (QED) is 0.811. The number of hydrogen-bond acceptors (Lipinski definition) is 3. The summed E-state index contributed by atoms with van der Waals surface area (Å²) in [5.41, 5.74) is 0.543. The predicted molar refractivity (Wildman–Crippen MR) is 52.6 cm³/mol. The number of aliphatic hydroxyl groups excluding tert-OH is 1. The molecule has 6 heteroatoms. The lowest BCUT2D eigenvalue weighted by molar-refractivity contribution is -0.00440. The van der Waals surface area contributed by atoms with Crippen LogP contribution in [0.5, 0.6) is 0 Å². The van der Waals surface area contributed by atoms with Gasteiger partial charge in [0.2, 0.25) is 0 Å². The normalized spacial score (nSPS) is 15.1. The first-order chi connectivity index (χ1) is 7.50. The summed E-state index contributed by atoms with van der Waals surface area (Å²) < 4.78 is 36.8. The molecule has 0 aliphatic rings. The fourth-order valence-electron chi connectivity index (χ4n) is 1.17. The number of aliphatic hydroxyl groups is 1. The van der Waals surface area contributed by atoms with Crippen LogP contribution in [0.15, 0.2) is 18.5 Å². The van der Waals surface area contributed by atoms with Gasteiger partial charge in [-0.05, 0) is 18.6 Å². The van der Waals surface area contributed by atoms with Crippen LogP contribution in [0, 0.1) is 5.82 Å². The molecule has 2 unspecified atom stereocenters. The van der Waals surface area contributed by atoms with Gasteiger partial charge in [-0.2, -0.15) is 0 Å². The van der Waals surface area contributed by atoms with E-state index in [9.17, 15) is 13.2 Å². The fourth-order valence-corrected chi connectivity index (χ4v) is 1.17. The second-order valence-electron chi connectivity index (χ2n) is 3.47. The molecule has 0 amide bonds. The van der Waals surface area contributed by atoms with Gasteiger partial charge in [-0.25, -0.2) is 13.2 Å². The van der Waals surface area contributed by atoms with Crippen LogP contribution < -0.4 is 5.32 Å². The van der Waals surface area contributed by atoms with E-state index < -0.39 is 18.3 Å². The Bertz CT molecular complexity index is 336. The largest absolute Gasteiger partial charge is 0.386 e. The zero-order valence-corrected chi connectivity index (χ0v) is 8.70. The summed E-state index contributed by atoms with van der Waals surface area (Å²) in [4.78, 5) is 3.64. The Labute approximate surface area is 91.3 Å². The third-order valence-corrected chi connectivity index (χ3v) is 2.15. The van der Waals surface area contributed by atoms with Gasteiger partial charge in [0.1, 0.15) is 11.9 Å². The Kier molecular flexibility index (Phi) is 4.70. The summed E-state index contributed by atoms with van der Waals surface area (Å²) in [6.45, 7) is 1.42. The Morgan fingerprint density at radius 2 is 2.12 bits per heavy atom. The number of halogens is 3. The van der Waals surface area contributed by atoms with Crippen molar-refractivity contribution in [2.75, 3.05) is 6.54 Å². The van der Waals surface area contributed by atoms with Gasteiger partial charge in [-0.1, -0.05) is 0 Å². The molecule has 2 atom stereocenters. The van der Waals surface area contributed by atoms with Crippen molar-refractivity contribution in [1.82, 2.24) is 10.3 Å². The molecule has 0 aliphatic carbocycles. The minimum atomic E-state index is -2.79. The zero-order chi connectivity index (χ0) is 12.1. The highest BCUT2D eigenvalue weighted by Crippen LogP contribution is 2.12. The Balaban J connectivity index is 2.49. The van der Waals surface area contributed by atoms with Crippen LogP contribution >= 0.6 is 0 Å². The molecule has 0 saturated heterocycles. The number of pyridine rings is 1. The van der Waals surface area contributed by atoms with Crippen molar-refractivity contribution in [2.45, 2.75) is 25.5 Å². The lowest BCUT2D eigenvalue weighted by Gasteiger charge is -2.16. The number of aromatic nitrogens is 1. The van der Waals surface area contributed by atoms with Crippen molar-refractivity contribution in [3.63, 3.8) is 0 Å². The topological polar surface area (TPSA) is 45.1 Å². The average Bonchev–Trinajstić information content (AvgIpc) is 2.25. The van der Waals surface area contributed by atoms with Gasteiger partial charge in [0.05, 0.1) is 6.20 Å². The van der Waals surface area contributed by atoms with E-state index in [4.69, 9.17) is 5.11 Å². The molecule has 90 valence electrons. The van der Waals surface area contributed by atoms with Gasteiger partial charge < -0.3 is 10.4 Å². The van der Waals surface area contributed by atoms with Crippen molar-refractivity contribution in [3.8, 4) is 0 Å². The zero-order valence-electron chi connectivity index (χ0n) is 8.70. The van der Waals surface area contributed by atoms with Crippen molar-refractivity contribution in [3.05, 3.63) is 29.8 Å². The maximum absolute atomic E-state index is 12.8. The third-order valence-electron chi connectivity index (χ3n) is 2.15. The van der Waals surface area contributed by atoms with Crippen LogP contribution in [-0.2, 0) is 0 Å². The number of alkyl halides is 2. The smallest absolute Gasteiger partial charge is 0.265 e. The maximum Gasteiger partial charge on any atom is 0.265 e. The predicted octanol–water partition coefficient (Wildman–Crippen LogP) is 1.50. The number of nitrogens with one attached hydrogen (secondary N) is 1. The molecule has 1 rings (SSSR count). The van der Waals surface area contributed by atoms with Crippen LogP contribution in [0.4, 0.5) is 13.2 Å². The maximum atomic E-state index is 12.8. The van der Waals surface area contributed by atoms with Crippen LogP contribution in [0.3, 0.4) is 0 Å². The van der Waals surface area contributed by atoms with E-state index in [1.54, 1.807) is 6.92 Å². The molecule has 0 bridgehead atoms. The summed E-state index contributed by atoms with van der Waals surface area (Å²) in [5, 5.41) is 11.5. The van der Waals surface area contributed by atoms with Crippen LogP contribution in [0.25, 0.3) is 0 Å². The molecule has 0 spiro atoms. The summed E-state index contributed by atoms with van der Waals surface area (Å²) >= 11 is 0. The highest BCUT2D eigenvalue weighted by molar-refractivity contribution is 5.14. The van der Waals surface area contributed by atoms with Crippen LogP contribution in [0.2, 0.25) is 0 Å². The number of rotatable bonds is 5. The van der Waals surface area contributed by atoms with Crippen LogP contribution in [0.1, 0.15) is 18.5 Å². The van der Waals surface area contributed by atoms with Gasteiger partial charge in [0, 0.05) is 18.8 Å². The van der Waals surface area contributed by atoms with Crippen molar-refractivity contribution < 1.29 is 18.3 Å². The molecule has 16 heavy (non-hydrogen) atoms.